The fourth-order valence-corrected chi connectivity index (χ4v) is 6.18. The summed E-state index contributed by atoms with van der Waals surface area (Å²) in [7, 11) is -3.59. The summed E-state index contributed by atoms with van der Waals surface area (Å²) in [5, 5.41) is 6.57. The number of aromatic nitrogens is 1. The largest absolute Gasteiger partial charge is 0.301 e. The molecule has 174 valence electrons. The van der Waals surface area contributed by atoms with Crippen LogP contribution in [0.3, 0.4) is 0 Å². The number of halogens is 3. The second-order valence-corrected chi connectivity index (χ2v) is 11.4. The first-order valence-corrected chi connectivity index (χ1v) is 13.4. The Balaban J connectivity index is 1.31. The molecule has 7 nitrogen and oxygen atoms in total. The zero-order valence-corrected chi connectivity index (χ0v) is 21.1. The molecule has 0 atom stereocenters. The maximum atomic E-state index is 12.8. The first-order valence-electron chi connectivity index (χ1n) is 9.91. The average molecular weight is 546 g/mol. The normalized spacial score (nSPS) is 15.5. The summed E-state index contributed by atoms with van der Waals surface area (Å²) in [6.07, 6.45) is 0. The van der Waals surface area contributed by atoms with E-state index in [9.17, 15) is 13.2 Å². The van der Waals surface area contributed by atoms with Crippen molar-refractivity contribution in [2.75, 3.05) is 38.0 Å². The Morgan fingerprint density at radius 3 is 2.33 bits per heavy atom. The zero-order valence-electron chi connectivity index (χ0n) is 17.2. The van der Waals surface area contributed by atoms with Crippen molar-refractivity contribution in [2.45, 2.75) is 4.90 Å². The first-order chi connectivity index (χ1) is 15.7. The topological polar surface area (TPSA) is 82.6 Å². The fraction of sp³-hybridized carbons (Fsp3) is 0.238. The van der Waals surface area contributed by atoms with Gasteiger partial charge < -0.3 is 5.32 Å². The Kier molecular flexibility index (Phi) is 7.59. The van der Waals surface area contributed by atoms with Crippen molar-refractivity contribution in [1.82, 2.24) is 14.2 Å². The lowest BCUT2D eigenvalue weighted by molar-refractivity contribution is -0.117. The molecule has 3 aromatic rings. The molecule has 33 heavy (non-hydrogen) atoms. The van der Waals surface area contributed by atoms with E-state index in [1.165, 1.54) is 27.8 Å². The highest BCUT2D eigenvalue weighted by atomic mass is 35.5. The Labute approximate surface area is 210 Å². The number of carbonyl (C=O) groups excluding carboxylic acids is 1. The van der Waals surface area contributed by atoms with Gasteiger partial charge in [-0.1, -0.05) is 34.8 Å². The molecule has 2 heterocycles. The quantitative estimate of drug-likeness (QED) is 0.485. The Morgan fingerprint density at radius 1 is 1.00 bits per heavy atom. The third-order valence-electron chi connectivity index (χ3n) is 5.11. The number of thiazole rings is 1. The van der Waals surface area contributed by atoms with Crippen molar-refractivity contribution in [1.29, 1.82) is 0 Å². The molecule has 0 bridgehead atoms. The molecule has 1 saturated heterocycles. The molecular weight excluding hydrogens is 527 g/mol. The minimum Gasteiger partial charge on any atom is -0.301 e. The molecular formula is C21H19Cl3N4O3S2. The number of amides is 1. The Bertz CT molecular complexity index is 1260. The van der Waals surface area contributed by atoms with Crippen molar-refractivity contribution in [3.05, 3.63) is 62.9 Å². The SMILES string of the molecule is O=C(CN1CCN(S(=O)(=O)c2ccc(Cl)cc2)CC1)Nc1nc(-c2ccc(Cl)cc2Cl)cs1. The number of nitrogens with one attached hydrogen (secondary N) is 1. The molecule has 0 aliphatic carbocycles. The van der Waals surface area contributed by atoms with Crippen LogP contribution in [0.25, 0.3) is 11.3 Å². The van der Waals surface area contributed by atoms with Gasteiger partial charge in [-0.05, 0) is 42.5 Å². The van der Waals surface area contributed by atoms with Crippen LogP contribution in [0.4, 0.5) is 5.13 Å². The van der Waals surface area contributed by atoms with E-state index in [-0.39, 0.29) is 17.3 Å². The van der Waals surface area contributed by atoms with Gasteiger partial charge in [-0.15, -0.1) is 11.3 Å². The van der Waals surface area contributed by atoms with Gasteiger partial charge >= 0.3 is 0 Å². The van der Waals surface area contributed by atoms with Crippen molar-refractivity contribution < 1.29 is 13.2 Å². The average Bonchev–Trinajstić information content (AvgIpc) is 3.22. The monoisotopic (exact) mass is 544 g/mol. The zero-order chi connectivity index (χ0) is 23.6. The third kappa shape index (κ3) is 5.86. The Hall–Kier alpha value is -1.72. The van der Waals surface area contributed by atoms with E-state index < -0.39 is 10.0 Å². The maximum absolute atomic E-state index is 12.8. The second-order valence-electron chi connectivity index (χ2n) is 7.34. The molecule has 0 radical (unpaired) electrons. The molecule has 0 saturated carbocycles. The van der Waals surface area contributed by atoms with Gasteiger partial charge in [0, 0.05) is 47.2 Å². The number of nitrogens with zero attached hydrogens (tertiary/aromatic N) is 3. The number of anilines is 1. The van der Waals surface area contributed by atoms with Crippen LogP contribution in [0.1, 0.15) is 0 Å². The molecule has 1 aliphatic rings. The summed E-state index contributed by atoms with van der Waals surface area (Å²) in [5.74, 6) is -0.216. The molecule has 0 spiro atoms. The van der Waals surface area contributed by atoms with Crippen LogP contribution in [-0.2, 0) is 14.8 Å². The number of carbonyl (C=O) groups is 1. The van der Waals surface area contributed by atoms with Crippen molar-refractivity contribution >= 4 is 67.2 Å². The predicted octanol–water partition coefficient (Wildman–Crippen LogP) is 4.72. The van der Waals surface area contributed by atoms with E-state index in [1.807, 2.05) is 10.3 Å². The molecule has 0 unspecified atom stereocenters. The number of benzene rings is 2. The Morgan fingerprint density at radius 2 is 1.67 bits per heavy atom. The molecule has 1 N–H and O–H groups in total. The second kappa shape index (κ2) is 10.3. The minimum atomic E-state index is -3.59. The first kappa shape index (κ1) is 24.4. The number of rotatable bonds is 6. The smallest absolute Gasteiger partial charge is 0.243 e. The highest BCUT2D eigenvalue weighted by Crippen LogP contribution is 2.32. The highest BCUT2D eigenvalue weighted by Gasteiger charge is 2.29. The lowest BCUT2D eigenvalue weighted by atomic mass is 10.2. The molecule has 12 heteroatoms. The van der Waals surface area contributed by atoms with Crippen molar-refractivity contribution in [3.63, 3.8) is 0 Å². The minimum absolute atomic E-state index is 0.144. The van der Waals surface area contributed by atoms with Crippen molar-refractivity contribution in [3.8, 4) is 11.3 Å². The third-order valence-corrected chi connectivity index (χ3v) is 8.58. The number of hydrogen-bond donors (Lipinski definition) is 1. The van der Waals surface area contributed by atoms with Gasteiger partial charge in [0.2, 0.25) is 15.9 Å². The van der Waals surface area contributed by atoms with Gasteiger partial charge in [-0.3, -0.25) is 9.69 Å². The summed E-state index contributed by atoms with van der Waals surface area (Å²) >= 11 is 19.3. The maximum Gasteiger partial charge on any atom is 0.243 e. The summed E-state index contributed by atoms with van der Waals surface area (Å²) in [5.41, 5.74) is 1.38. The fourth-order valence-electron chi connectivity index (χ4n) is 3.40. The summed E-state index contributed by atoms with van der Waals surface area (Å²) in [6, 6.07) is 11.3. The predicted molar refractivity (Wildman–Crippen MR) is 133 cm³/mol. The van der Waals surface area contributed by atoms with E-state index in [2.05, 4.69) is 10.3 Å². The van der Waals surface area contributed by atoms with Crippen LogP contribution >= 0.6 is 46.1 Å². The van der Waals surface area contributed by atoms with Crippen LogP contribution in [0, 0.1) is 0 Å². The summed E-state index contributed by atoms with van der Waals surface area (Å²) in [4.78, 5) is 19.0. The van der Waals surface area contributed by atoms with Crippen molar-refractivity contribution in [2.24, 2.45) is 0 Å². The van der Waals surface area contributed by atoms with Crippen LogP contribution in [-0.4, -0.2) is 61.2 Å². The lowest BCUT2D eigenvalue weighted by Gasteiger charge is -2.33. The van der Waals surface area contributed by atoms with Crippen LogP contribution in [0.2, 0.25) is 15.1 Å². The number of piperazine rings is 1. The van der Waals surface area contributed by atoms with Gasteiger partial charge in [0.25, 0.3) is 0 Å². The van der Waals surface area contributed by atoms with Gasteiger partial charge in [0.15, 0.2) is 5.13 Å². The van der Waals surface area contributed by atoms with Crippen LogP contribution in [0.5, 0.6) is 0 Å². The van der Waals surface area contributed by atoms with Crippen LogP contribution < -0.4 is 5.32 Å². The molecule has 1 amide bonds. The van der Waals surface area contributed by atoms with E-state index in [0.29, 0.717) is 52.1 Å². The van der Waals surface area contributed by atoms with E-state index in [4.69, 9.17) is 34.8 Å². The number of hydrogen-bond acceptors (Lipinski definition) is 6. The van der Waals surface area contributed by atoms with Gasteiger partial charge in [0.1, 0.15) is 0 Å². The van der Waals surface area contributed by atoms with Gasteiger partial charge in [-0.2, -0.15) is 4.31 Å². The summed E-state index contributed by atoms with van der Waals surface area (Å²) < 4.78 is 27.0. The van der Waals surface area contributed by atoms with Crippen LogP contribution in [0.15, 0.2) is 52.7 Å². The molecule has 4 rings (SSSR count). The highest BCUT2D eigenvalue weighted by molar-refractivity contribution is 7.89. The van der Waals surface area contributed by atoms with Gasteiger partial charge in [0.05, 0.1) is 22.2 Å². The molecule has 1 aliphatic heterocycles. The summed E-state index contributed by atoms with van der Waals surface area (Å²) in [6.45, 7) is 1.64. The van der Waals surface area contributed by atoms with Gasteiger partial charge in [-0.25, -0.2) is 13.4 Å². The number of sulfonamides is 1. The standard InChI is InChI=1S/C21H19Cl3N4O3S2/c22-14-1-4-16(5-2-14)33(30,31)28-9-7-27(8-10-28)12-20(29)26-21-25-19(13-32-21)17-6-3-15(23)11-18(17)24/h1-6,11,13H,7-10,12H2,(H,25,26,29). The lowest BCUT2D eigenvalue weighted by Crippen LogP contribution is -2.50. The molecule has 2 aromatic carbocycles. The van der Waals surface area contributed by atoms with E-state index >= 15 is 0 Å². The van der Waals surface area contributed by atoms with E-state index in [0.717, 1.165) is 5.56 Å². The molecule has 1 fully saturated rings. The van der Waals surface area contributed by atoms with E-state index in [1.54, 1.807) is 30.3 Å². The molecule has 1 aromatic heterocycles.